The molecular weight excluding hydrogens is 136 g/mol. The molecule has 0 amide bonds. The molecule has 0 saturated carbocycles. The highest BCUT2D eigenvalue weighted by Gasteiger charge is 2.39. The lowest BCUT2D eigenvalue weighted by Gasteiger charge is -2.27. The summed E-state index contributed by atoms with van der Waals surface area (Å²) in [5.41, 5.74) is 5.66. The van der Waals surface area contributed by atoms with Gasteiger partial charge in [-0.3, -0.25) is 0 Å². The van der Waals surface area contributed by atoms with Gasteiger partial charge in [-0.05, 0) is 6.42 Å². The summed E-state index contributed by atoms with van der Waals surface area (Å²) in [6.07, 6.45) is 2.03. The van der Waals surface area contributed by atoms with Crippen molar-refractivity contribution >= 4 is 0 Å². The van der Waals surface area contributed by atoms with Crippen LogP contribution in [-0.2, 0) is 0 Å². The van der Waals surface area contributed by atoms with Gasteiger partial charge in [0.05, 0.1) is 5.92 Å². The third kappa shape index (κ3) is 1.13. The Kier molecular flexibility index (Phi) is 1.67. The lowest BCUT2D eigenvalue weighted by Crippen LogP contribution is -2.32. The van der Waals surface area contributed by atoms with Crippen LogP contribution < -0.4 is 5.73 Å². The van der Waals surface area contributed by atoms with Crippen molar-refractivity contribution in [3.63, 3.8) is 0 Å². The largest absolute Gasteiger partial charge is 0.402 e. The molecule has 1 atom stereocenters. The molecule has 0 fully saturated rings. The SMILES string of the molecule is CC1C(N)=CCCC1(F)F. The third-order valence-corrected chi connectivity index (χ3v) is 1.99. The van der Waals surface area contributed by atoms with E-state index in [4.69, 9.17) is 5.73 Å². The van der Waals surface area contributed by atoms with Crippen molar-refractivity contribution in [2.24, 2.45) is 11.7 Å². The predicted molar refractivity (Wildman–Crippen MR) is 35.6 cm³/mol. The fourth-order valence-electron chi connectivity index (χ4n) is 1.07. The van der Waals surface area contributed by atoms with E-state index in [2.05, 4.69) is 0 Å². The van der Waals surface area contributed by atoms with Crippen molar-refractivity contribution in [3.8, 4) is 0 Å². The number of hydrogen-bond donors (Lipinski definition) is 1. The number of nitrogens with two attached hydrogens (primary N) is 1. The first-order valence-corrected chi connectivity index (χ1v) is 3.37. The van der Waals surface area contributed by atoms with Crippen LogP contribution >= 0.6 is 0 Å². The molecule has 2 N–H and O–H groups in total. The Labute approximate surface area is 58.9 Å². The van der Waals surface area contributed by atoms with Crippen LogP contribution in [0.4, 0.5) is 8.78 Å². The van der Waals surface area contributed by atoms with E-state index in [0.717, 1.165) is 0 Å². The van der Waals surface area contributed by atoms with Crippen molar-refractivity contribution in [2.75, 3.05) is 0 Å². The van der Waals surface area contributed by atoms with Gasteiger partial charge in [0.1, 0.15) is 0 Å². The summed E-state index contributed by atoms with van der Waals surface area (Å²) >= 11 is 0. The summed E-state index contributed by atoms with van der Waals surface area (Å²) in [6, 6.07) is 0. The topological polar surface area (TPSA) is 26.0 Å². The molecule has 0 heterocycles. The van der Waals surface area contributed by atoms with Gasteiger partial charge in [-0.15, -0.1) is 0 Å². The minimum Gasteiger partial charge on any atom is -0.402 e. The van der Waals surface area contributed by atoms with E-state index in [1.165, 1.54) is 6.92 Å². The second kappa shape index (κ2) is 2.22. The molecule has 0 bridgehead atoms. The van der Waals surface area contributed by atoms with Crippen LogP contribution in [0.2, 0.25) is 0 Å². The fraction of sp³-hybridized carbons (Fsp3) is 0.714. The summed E-state index contributed by atoms with van der Waals surface area (Å²) in [5, 5.41) is 0. The average Bonchev–Trinajstić information content (AvgIpc) is 1.83. The highest BCUT2D eigenvalue weighted by molar-refractivity contribution is 5.09. The molecule has 1 nitrogen and oxygen atoms in total. The molecule has 0 spiro atoms. The van der Waals surface area contributed by atoms with Gasteiger partial charge in [0.2, 0.25) is 0 Å². The molecule has 10 heavy (non-hydrogen) atoms. The zero-order valence-electron chi connectivity index (χ0n) is 5.90. The average molecular weight is 147 g/mol. The maximum atomic E-state index is 12.7. The van der Waals surface area contributed by atoms with Gasteiger partial charge < -0.3 is 5.73 Å². The summed E-state index contributed by atoms with van der Waals surface area (Å²) in [4.78, 5) is 0. The number of halogens is 2. The van der Waals surface area contributed by atoms with Crippen LogP contribution in [0.1, 0.15) is 19.8 Å². The van der Waals surface area contributed by atoms with Crippen LogP contribution in [0, 0.1) is 5.92 Å². The molecule has 0 aromatic rings. The summed E-state index contributed by atoms with van der Waals surface area (Å²) in [5.74, 6) is -3.36. The molecular formula is C7H11F2N. The molecule has 0 aliphatic heterocycles. The molecule has 1 unspecified atom stereocenters. The molecule has 1 aliphatic rings. The Morgan fingerprint density at radius 3 is 2.70 bits per heavy atom. The van der Waals surface area contributed by atoms with E-state index >= 15 is 0 Å². The first kappa shape index (κ1) is 7.51. The number of alkyl halides is 2. The lowest BCUT2D eigenvalue weighted by atomic mass is 9.90. The molecule has 0 saturated heterocycles. The number of rotatable bonds is 0. The summed E-state index contributed by atoms with van der Waals surface area (Å²) in [7, 11) is 0. The van der Waals surface area contributed by atoms with Crippen LogP contribution in [0.25, 0.3) is 0 Å². The molecule has 0 aromatic carbocycles. The van der Waals surface area contributed by atoms with Crippen LogP contribution in [0.15, 0.2) is 11.8 Å². The van der Waals surface area contributed by atoms with Crippen LogP contribution in [0.3, 0.4) is 0 Å². The van der Waals surface area contributed by atoms with Gasteiger partial charge in [0, 0.05) is 12.1 Å². The van der Waals surface area contributed by atoms with E-state index in [0.29, 0.717) is 12.1 Å². The van der Waals surface area contributed by atoms with Crippen molar-refractivity contribution in [1.29, 1.82) is 0 Å². The van der Waals surface area contributed by atoms with Crippen LogP contribution in [-0.4, -0.2) is 5.92 Å². The quantitative estimate of drug-likeness (QED) is 0.556. The van der Waals surface area contributed by atoms with E-state index in [1.54, 1.807) is 6.08 Å². The van der Waals surface area contributed by atoms with E-state index in [1.807, 2.05) is 0 Å². The zero-order chi connectivity index (χ0) is 7.78. The standard InChI is InChI=1S/C7H11F2N/c1-5-6(10)3-2-4-7(5,8)9/h3,5H,2,4,10H2,1H3. The van der Waals surface area contributed by atoms with Gasteiger partial charge in [0.15, 0.2) is 0 Å². The summed E-state index contributed by atoms with van der Waals surface area (Å²) in [6.45, 7) is 1.46. The van der Waals surface area contributed by atoms with E-state index < -0.39 is 11.8 Å². The van der Waals surface area contributed by atoms with Crippen LogP contribution in [0.5, 0.6) is 0 Å². The van der Waals surface area contributed by atoms with Crippen molar-refractivity contribution in [1.82, 2.24) is 0 Å². The predicted octanol–water partition coefficient (Wildman–Crippen LogP) is 1.89. The van der Waals surface area contributed by atoms with Crippen molar-refractivity contribution < 1.29 is 8.78 Å². The second-order valence-corrected chi connectivity index (χ2v) is 2.73. The molecule has 0 aromatic heterocycles. The van der Waals surface area contributed by atoms with Gasteiger partial charge in [-0.1, -0.05) is 13.0 Å². The Morgan fingerprint density at radius 1 is 1.70 bits per heavy atom. The Morgan fingerprint density at radius 2 is 2.30 bits per heavy atom. The molecule has 1 aliphatic carbocycles. The van der Waals surface area contributed by atoms with Gasteiger partial charge in [-0.2, -0.15) is 0 Å². The Balaban J connectivity index is 2.78. The first-order valence-electron chi connectivity index (χ1n) is 3.37. The third-order valence-electron chi connectivity index (χ3n) is 1.99. The fourth-order valence-corrected chi connectivity index (χ4v) is 1.07. The molecule has 0 radical (unpaired) electrons. The highest BCUT2D eigenvalue weighted by atomic mass is 19.3. The number of allylic oxidation sites excluding steroid dienone is 2. The maximum Gasteiger partial charge on any atom is 0.256 e. The molecule has 1 rings (SSSR count). The lowest BCUT2D eigenvalue weighted by molar-refractivity contribution is -0.0503. The molecule has 58 valence electrons. The minimum absolute atomic E-state index is 0.0606. The summed E-state index contributed by atoms with van der Waals surface area (Å²) < 4.78 is 25.5. The van der Waals surface area contributed by atoms with E-state index in [9.17, 15) is 8.78 Å². The van der Waals surface area contributed by atoms with Crippen molar-refractivity contribution in [3.05, 3.63) is 11.8 Å². The Bertz CT molecular complexity index is 163. The van der Waals surface area contributed by atoms with Crippen molar-refractivity contribution in [2.45, 2.75) is 25.7 Å². The van der Waals surface area contributed by atoms with E-state index in [-0.39, 0.29) is 6.42 Å². The second-order valence-electron chi connectivity index (χ2n) is 2.73. The number of hydrogen-bond acceptors (Lipinski definition) is 1. The normalized spacial score (nSPS) is 31.5. The highest BCUT2D eigenvalue weighted by Crippen LogP contribution is 2.36. The maximum absolute atomic E-state index is 12.7. The monoisotopic (exact) mass is 147 g/mol. The van der Waals surface area contributed by atoms with Gasteiger partial charge in [0.25, 0.3) is 5.92 Å². The first-order chi connectivity index (χ1) is 4.54. The Hall–Kier alpha value is -0.600. The van der Waals surface area contributed by atoms with Gasteiger partial charge in [-0.25, -0.2) is 8.78 Å². The smallest absolute Gasteiger partial charge is 0.256 e. The minimum atomic E-state index is -2.58. The zero-order valence-corrected chi connectivity index (χ0v) is 5.90. The molecule has 3 heteroatoms. The van der Waals surface area contributed by atoms with Gasteiger partial charge >= 0.3 is 0 Å².